The Morgan fingerprint density at radius 1 is 1.63 bits per heavy atom. The Labute approximate surface area is 116 Å². The molecule has 0 saturated heterocycles. The smallest absolute Gasteiger partial charge is 0.283 e. The SMILES string of the molecule is C#CCC(CC)NC(=O)c1ccc(Cl)cc1[N+](=O)[O-]. The number of benzene rings is 1. The van der Waals surface area contributed by atoms with Gasteiger partial charge in [-0.25, -0.2) is 0 Å². The minimum atomic E-state index is -0.636. The molecule has 1 aromatic rings. The van der Waals surface area contributed by atoms with Crippen molar-refractivity contribution in [2.45, 2.75) is 25.8 Å². The Morgan fingerprint density at radius 2 is 2.32 bits per heavy atom. The predicted molar refractivity (Wildman–Crippen MR) is 73.1 cm³/mol. The maximum Gasteiger partial charge on any atom is 0.283 e. The van der Waals surface area contributed by atoms with Crippen LogP contribution in [0.15, 0.2) is 18.2 Å². The van der Waals surface area contributed by atoms with E-state index in [9.17, 15) is 14.9 Å². The van der Waals surface area contributed by atoms with E-state index in [1.807, 2.05) is 6.92 Å². The number of hydrogen-bond donors (Lipinski definition) is 1. The number of nitrogens with zero attached hydrogens (tertiary/aromatic N) is 1. The van der Waals surface area contributed by atoms with Gasteiger partial charge in [0.1, 0.15) is 5.56 Å². The van der Waals surface area contributed by atoms with Crippen LogP contribution in [-0.2, 0) is 0 Å². The van der Waals surface area contributed by atoms with Gasteiger partial charge < -0.3 is 5.32 Å². The van der Waals surface area contributed by atoms with Gasteiger partial charge in [0.15, 0.2) is 0 Å². The fourth-order valence-electron chi connectivity index (χ4n) is 1.55. The lowest BCUT2D eigenvalue weighted by Crippen LogP contribution is -2.34. The van der Waals surface area contributed by atoms with E-state index in [2.05, 4.69) is 11.2 Å². The van der Waals surface area contributed by atoms with Gasteiger partial charge in [0.2, 0.25) is 0 Å². The van der Waals surface area contributed by atoms with Gasteiger partial charge in [-0.05, 0) is 18.6 Å². The lowest BCUT2D eigenvalue weighted by molar-refractivity contribution is -0.385. The number of nitro groups is 1. The van der Waals surface area contributed by atoms with E-state index in [1.54, 1.807) is 0 Å². The Bertz CT molecular complexity index is 537. The second-order valence-electron chi connectivity index (χ2n) is 3.91. The van der Waals surface area contributed by atoms with Gasteiger partial charge >= 0.3 is 0 Å². The highest BCUT2D eigenvalue weighted by molar-refractivity contribution is 6.31. The van der Waals surface area contributed by atoms with Crippen LogP contribution in [0.3, 0.4) is 0 Å². The van der Waals surface area contributed by atoms with Crippen molar-refractivity contribution in [2.75, 3.05) is 0 Å². The van der Waals surface area contributed by atoms with E-state index in [1.165, 1.54) is 12.1 Å². The van der Waals surface area contributed by atoms with Crippen molar-refractivity contribution in [1.82, 2.24) is 5.32 Å². The normalized spacial score (nSPS) is 11.4. The molecule has 0 heterocycles. The Morgan fingerprint density at radius 3 is 2.84 bits per heavy atom. The molecule has 0 aliphatic rings. The summed E-state index contributed by atoms with van der Waals surface area (Å²) in [6.45, 7) is 1.87. The van der Waals surface area contributed by atoms with E-state index in [0.717, 1.165) is 6.07 Å². The second-order valence-corrected chi connectivity index (χ2v) is 4.34. The highest BCUT2D eigenvalue weighted by Gasteiger charge is 2.21. The topological polar surface area (TPSA) is 72.2 Å². The fraction of sp³-hybridized carbons (Fsp3) is 0.308. The molecule has 5 nitrogen and oxygen atoms in total. The molecule has 6 heteroatoms. The van der Waals surface area contributed by atoms with Gasteiger partial charge in [0, 0.05) is 23.6 Å². The first-order valence-electron chi connectivity index (χ1n) is 5.67. The molecule has 0 fully saturated rings. The molecule has 0 saturated carbocycles. The van der Waals surface area contributed by atoms with Crippen molar-refractivity contribution in [2.24, 2.45) is 0 Å². The van der Waals surface area contributed by atoms with Crippen molar-refractivity contribution < 1.29 is 9.72 Å². The zero-order valence-electron chi connectivity index (χ0n) is 10.4. The number of nitro benzene ring substituents is 1. The summed E-state index contributed by atoms with van der Waals surface area (Å²) in [5.41, 5.74) is -0.342. The van der Waals surface area contributed by atoms with Crippen molar-refractivity contribution in [1.29, 1.82) is 0 Å². The van der Waals surface area contributed by atoms with Crippen LogP contribution in [0.1, 0.15) is 30.1 Å². The van der Waals surface area contributed by atoms with Gasteiger partial charge in [0.05, 0.1) is 4.92 Å². The quantitative estimate of drug-likeness (QED) is 0.512. The van der Waals surface area contributed by atoms with Gasteiger partial charge in [-0.3, -0.25) is 14.9 Å². The minimum Gasteiger partial charge on any atom is -0.348 e. The highest BCUT2D eigenvalue weighted by atomic mass is 35.5. The zero-order chi connectivity index (χ0) is 14.4. The number of rotatable bonds is 5. The van der Waals surface area contributed by atoms with Gasteiger partial charge in [-0.1, -0.05) is 18.5 Å². The molecule has 0 aromatic heterocycles. The van der Waals surface area contributed by atoms with E-state index < -0.39 is 10.8 Å². The second kappa shape index (κ2) is 6.76. The Hall–Kier alpha value is -2.06. The van der Waals surface area contributed by atoms with Gasteiger partial charge in [0.25, 0.3) is 11.6 Å². The predicted octanol–water partition coefficient (Wildman–Crippen LogP) is 2.78. The van der Waals surface area contributed by atoms with Crippen LogP contribution in [0.5, 0.6) is 0 Å². The third kappa shape index (κ3) is 3.97. The van der Waals surface area contributed by atoms with E-state index in [4.69, 9.17) is 18.0 Å². The molecule has 1 unspecified atom stereocenters. The maximum absolute atomic E-state index is 12.0. The Kier molecular flexibility index (Phi) is 5.34. The van der Waals surface area contributed by atoms with Crippen LogP contribution >= 0.6 is 11.6 Å². The first-order chi connectivity index (χ1) is 8.99. The van der Waals surface area contributed by atoms with Gasteiger partial charge in [-0.15, -0.1) is 12.3 Å². The summed E-state index contributed by atoms with van der Waals surface area (Å²) in [5, 5.41) is 13.8. The third-order valence-corrected chi connectivity index (χ3v) is 2.83. The number of hydrogen-bond acceptors (Lipinski definition) is 3. The standard InChI is InChI=1S/C13H13ClN2O3/c1-3-5-10(4-2)15-13(17)11-7-6-9(14)8-12(11)16(18)19/h1,6-8,10H,4-5H2,2H3,(H,15,17). The molecule has 0 spiro atoms. The molecule has 1 N–H and O–H groups in total. The molecule has 1 atom stereocenters. The van der Waals surface area contributed by atoms with Crippen LogP contribution in [0.2, 0.25) is 5.02 Å². The van der Waals surface area contributed by atoms with E-state index in [0.29, 0.717) is 12.8 Å². The first kappa shape index (κ1) is 15.0. The summed E-state index contributed by atoms with van der Waals surface area (Å²) in [5.74, 6) is 1.93. The van der Waals surface area contributed by atoms with Crippen LogP contribution in [0, 0.1) is 22.5 Å². The molecule has 0 aliphatic heterocycles. The summed E-state index contributed by atoms with van der Waals surface area (Å²) in [4.78, 5) is 22.3. The minimum absolute atomic E-state index is 0.0233. The molecule has 19 heavy (non-hydrogen) atoms. The molecule has 1 rings (SSSR count). The lowest BCUT2D eigenvalue weighted by Gasteiger charge is -2.14. The van der Waals surface area contributed by atoms with Gasteiger partial charge in [-0.2, -0.15) is 0 Å². The third-order valence-electron chi connectivity index (χ3n) is 2.59. The van der Waals surface area contributed by atoms with Crippen LogP contribution in [-0.4, -0.2) is 16.9 Å². The molecule has 0 bridgehead atoms. The summed E-state index contributed by atoms with van der Waals surface area (Å²) >= 11 is 5.69. The van der Waals surface area contributed by atoms with E-state index >= 15 is 0 Å². The zero-order valence-corrected chi connectivity index (χ0v) is 11.1. The summed E-state index contributed by atoms with van der Waals surface area (Å²) in [6.07, 6.45) is 6.22. The lowest BCUT2D eigenvalue weighted by atomic mass is 10.1. The summed E-state index contributed by atoms with van der Waals surface area (Å²) in [7, 11) is 0. The fourth-order valence-corrected chi connectivity index (χ4v) is 1.72. The largest absolute Gasteiger partial charge is 0.348 e. The molecule has 1 amide bonds. The van der Waals surface area contributed by atoms with Crippen LogP contribution < -0.4 is 5.32 Å². The number of terminal acetylenes is 1. The Balaban J connectivity index is 3.00. The summed E-state index contributed by atoms with van der Waals surface area (Å²) in [6, 6.07) is 3.72. The maximum atomic E-state index is 12.0. The van der Waals surface area contributed by atoms with Crippen LogP contribution in [0.4, 0.5) is 5.69 Å². The van der Waals surface area contributed by atoms with E-state index in [-0.39, 0.29) is 22.3 Å². The highest BCUT2D eigenvalue weighted by Crippen LogP contribution is 2.23. The van der Waals surface area contributed by atoms with Crippen molar-refractivity contribution in [3.8, 4) is 12.3 Å². The number of amides is 1. The number of nitrogens with one attached hydrogen (secondary N) is 1. The summed E-state index contributed by atoms with van der Waals surface area (Å²) < 4.78 is 0. The molecule has 1 aromatic carbocycles. The monoisotopic (exact) mass is 280 g/mol. The van der Waals surface area contributed by atoms with Crippen LogP contribution in [0.25, 0.3) is 0 Å². The molecular weight excluding hydrogens is 268 g/mol. The molecule has 100 valence electrons. The van der Waals surface area contributed by atoms with Crippen molar-refractivity contribution >= 4 is 23.2 Å². The van der Waals surface area contributed by atoms with Crippen molar-refractivity contribution in [3.63, 3.8) is 0 Å². The number of halogens is 1. The molecule has 0 aliphatic carbocycles. The number of carbonyl (C=O) groups is 1. The number of carbonyl (C=O) groups excluding carboxylic acids is 1. The average Bonchev–Trinajstić information content (AvgIpc) is 2.37. The first-order valence-corrected chi connectivity index (χ1v) is 6.05. The molecule has 0 radical (unpaired) electrons. The molecular formula is C13H13ClN2O3. The van der Waals surface area contributed by atoms with Crippen molar-refractivity contribution in [3.05, 3.63) is 38.9 Å². The average molecular weight is 281 g/mol.